The zero-order valence-corrected chi connectivity index (χ0v) is 12.2. The lowest BCUT2D eigenvalue weighted by Crippen LogP contribution is -2.27. The molecule has 1 aromatic carbocycles. The fourth-order valence-corrected chi connectivity index (χ4v) is 1.78. The molecule has 0 fully saturated rings. The molecule has 0 saturated heterocycles. The van der Waals surface area contributed by atoms with E-state index in [1.807, 2.05) is 37.3 Å². The third-order valence-corrected chi connectivity index (χ3v) is 2.95. The third-order valence-electron chi connectivity index (χ3n) is 2.95. The fraction of sp³-hybridized carbons (Fsp3) is 0.312. The van der Waals surface area contributed by atoms with Crippen LogP contribution in [0.15, 0.2) is 40.8 Å². The summed E-state index contributed by atoms with van der Waals surface area (Å²) in [7, 11) is 1.62. The maximum atomic E-state index is 11.8. The van der Waals surface area contributed by atoms with Crippen molar-refractivity contribution in [3.63, 3.8) is 0 Å². The molecule has 5 heteroatoms. The molecule has 0 unspecified atom stereocenters. The van der Waals surface area contributed by atoms with Crippen LogP contribution in [0.25, 0.3) is 0 Å². The van der Waals surface area contributed by atoms with Crippen molar-refractivity contribution in [1.82, 2.24) is 5.32 Å². The highest BCUT2D eigenvalue weighted by Gasteiger charge is 2.09. The molecule has 0 aliphatic rings. The molecule has 112 valence electrons. The summed E-state index contributed by atoms with van der Waals surface area (Å²) in [6, 6.07) is 10.8. The van der Waals surface area contributed by atoms with E-state index in [2.05, 4.69) is 5.32 Å². The van der Waals surface area contributed by atoms with E-state index < -0.39 is 0 Å². The Morgan fingerprint density at radius 3 is 2.48 bits per heavy atom. The first-order valence-electron chi connectivity index (χ1n) is 6.86. The first kappa shape index (κ1) is 15.0. The highest BCUT2D eigenvalue weighted by Crippen LogP contribution is 2.16. The van der Waals surface area contributed by atoms with E-state index in [0.29, 0.717) is 18.9 Å². The normalized spacial score (nSPS) is 10.2. The molecule has 5 nitrogen and oxygen atoms in total. The summed E-state index contributed by atoms with van der Waals surface area (Å²) in [5.74, 6) is 2.41. The molecule has 1 N–H and O–H groups in total. The number of ether oxygens (including phenoxy) is 2. The molecule has 0 aliphatic heterocycles. The lowest BCUT2D eigenvalue weighted by atomic mass is 10.3. The second kappa shape index (κ2) is 7.38. The zero-order valence-electron chi connectivity index (χ0n) is 12.2. The first-order valence-corrected chi connectivity index (χ1v) is 6.86. The highest BCUT2D eigenvalue weighted by molar-refractivity contribution is 5.91. The van der Waals surface area contributed by atoms with Gasteiger partial charge in [-0.25, -0.2) is 0 Å². The molecule has 2 rings (SSSR count). The van der Waals surface area contributed by atoms with E-state index in [4.69, 9.17) is 13.9 Å². The van der Waals surface area contributed by atoms with Crippen LogP contribution in [0.2, 0.25) is 0 Å². The number of hydrogen-bond acceptors (Lipinski definition) is 4. The van der Waals surface area contributed by atoms with Crippen LogP contribution < -0.4 is 14.8 Å². The summed E-state index contributed by atoms with van der Waals surface area (Å²) in [4.78, 5) is 11.8. The molecular weight excluding hydrogens is 270 g/mol. The van der Waals surface area contributed by atoms with Crippen molar-refractivity contribution in [2.45, 2.75) is 13.3 Å². The van der Waals surface area contributed by atoms with Crippen molar-refractivity contribution in [2.24, 2.45) is 0 Å². The number of benzene rings is 1. The number of hydrogen-bond donors (Lipinski definition) is 1. The predicted molar refractivity (Wildman–Crippen MR) is 78.9 cm³/mol. The Balaban J connectivity index is 1.72. The van der Waals surface area contributed by atoms with Crippen LogP contribution in [0.5, 0.6) is 11.5 Å². The van der Waals surface area contributed by atoms with Gasteiger partial charge in [0.2, 0.25) is 0 Å². The Morgan fingerprint density at radius 1 is 1.14 bits per heavy atom. The number of amides is 1. The van der Waals surface area contributed by atoms with Gasteiger partial charge in [0.1, 0.15) is 23.9 Å². The van der Waals surface area contributed by atoms with Gasteiger partial charge >= 0.3 is 0 Å². The van der Waals surface area contributed by atoms with Crippen LogP contribution in [0, 0.1) is 0 Å². The number of carbonyl (C=O) groups is 1. The summed E-state index contributed by atoms with van der Waals surface area (Å²) >= 11 is 0. The molecule has 21 heavy (non-hydrogen) atoms. The third kappa shape index (κ3) is 4.27. The lowest BCUT2D eigenvalue weighted by Gasteiger charge is -2.07. The maximum Gasteiger partial charge on any atom is 0.287 e. The van der Waals surface area contributed by atoms with Gasteiger partial charge in [0.15, 0.2) is 5.76 Å². The van der Waals surface area contributed by atoms with Gasteiger partial charge in [-0.3, -0.25) is 4.79 Å². The molecule has 0 aliphatic carbocycles. The highest BCUT2D eigenvalue weighted by atomic mass is 16.5. The molecular formula is C16H19NO4. The molecule has 0 bridgehead atoms. The number of rotatable bonds is 7. The molecule has 1 amide bonds. The number of aryl methyl sites for hydroxylation is 1. The van der Waals surface area contributed by atoms with Crippen LogP contribution in [0.3, 0.4) is 0 Å². The molecule has 1 aromatic heterocycles. The van der Waals surface area contributed by atoms with Gasteiger partial charge in [0.25, 0.3) is 5.91 Å². The monoisotopic (exact) mass is 289 g/mol. The van der Waals surface area contributed by atoms with Crippen LogP contribution in [-0.4, -0.2) is 26.2 Å². The lowest BCUT2D eigenvalue weighted by molar-refractivity contribution is 0.0917. The minimum absolute atomic E-state index is 0.229. The van der Waals surface area contributed by atoms with Crippen LogP contribution >= 0.6 is 0 Å². The number of furan rings is 1. The Hall–Kier alpha value is -2.43. The molecule has 0 radical (unpaired) electrons. The minimum Gasteiger partial charge on any atom is -0.497 e. The van der Waals surface area contributed by atoms with Crippen molar-refractivity contribution in [2.75, 3.05) is 20.3 Å². The summed E-state index contributed by atoms with van der Waals surface area (Å²) in [6.45, 7) is 2.77. The summed E-state index contributed by atoms with van der Waals surface area (Å²) in [5.41, 5.74) is 0. The van der Waals surface area contributed by atoms with E-state index in [0.717, 1.165) is 23.7 Å². The largest absolute Gasteiger partial charge is 0.497 e. The number of carbonyl (C=O) groups excluding carboxylic acids is 1. The SMILES string of the molecule is CCc1ccc(C(=O)NCCOc2ccc(OC)cc2)o1. The molecule has 0 atom stereocenters. The van der Waals surface area contributed by atoms with Crippen molar-refractivity contribution in [3.8, 4) is 11.5 Å². The van der Waals surface area contributed by atoms with Crippen LogP contribution in [0.1, 0.15) is 23.2 Å². The molecule has 0 spiro atoms. The van der Waals surface area contributed by atoms with Crippen molar-refractivity contribution < 1.29 is 18.7 Å². The van der Waals surface area contributed by atoms with Gasteiger partial charge in [-0.2, -0.15) is 0 Å². The average molecular weight is 289 g/mol. The van der Waals surface area contributed by atoms with Gasteiger partial charge in [-0.1, -0.05) is 6.92 Å². The van der Waals surface area contributed by atoms with Gasteiger partial charge < -0.3 is 19.2 Å². The van der Waals surface area contributed by atoms with Gasteiger partial charge in [-0.05, 0) is 36.4 Å². The Morgan fingerprint density at radius 2 is 1.86 bits per heavy atom. The second-order valence-electron chi connectivity index (χ2n) is 4.40. The van der Waals surface area contributed by atoms with Crippen LogP contribution in [-0.2, 0) is 6.42 Å². The fourth-order valence-electron chi connectivity index (χ4n) is 1.78. The van der Waals surface area contributed by atoms with E-state index in [9.17, 15) is 4.79 Å². The van der Waals surface area contributed by atoms with Gasteiger partial charge in [0.05, 0.1) is 13.7 Å². The topological polar surface area (TPSA) is 60.7 Å². The van der Waals surface area contributed by atoms with Gasteiger partial charge in [0, 0.05) is 6.42 Å². The molecule has 2 aromatic rings. The molecule has 0 saturated carbocycles. The molecule has 1 heterocycles. The van der Waals surface area contributed by atoms with Crippen molar-refractivity contribution in [1.29, 1.82) is 0 Å². The smallest absolute Gasteiger partial charge is 0.287 e. The van der Waals surface area contributed by atoms with E-state index in [1.54, 1.807) is 13.2 Å². The summed E-state index contributed by atoms with van der Waals surface area (Å²) < 4.78 is 15.9. The number of methoxy groups -OCH3 is 1. The number of nitrogens with one attached hydrogen (secondary N) is 1. The van der Waals surface area contributed by atoms with Gasteiger partial charge in [-0.15, -0.1) is 0 Å². The van der Waals surface area contributed by atoms with Crippen LogP contribution in [0.4, 0.5) is 0 Å². The zero-order chi connectivity index (χ0) is 15.1. The second-order valence-corrected chi connectivity index (χ2v) is 4.40. The Kier molecular flexibility index (Phi) is 5.26. The van der Waals surface area contributed by atoms with Crippen molar-refractivity contribution >= 4 is 5.91 Å². The van der Waals surface area contributed by atoms with Crippen molar-refractivity contribution in [3.05, 3.63) is 47.9 Å². The first-order chi connectivity index (χ1) is 10.2. The van der Waals surface area contributed by atoms with E-state index >= 15 is 0 Å². The van der Waals surface area contributed by atoms with E-state index in [1.165, 1.54) is 0 Å². The maximum absolute atomic E-state index is 11.8. The Bertz CT molecular complexity index is 574. The minimum atomic E-state index is -0.229. The summed E-state index contributed by atoms with van der Waals surface area (Å²) in [6.07, 6.45) is 0.772. The summed E-state index contributed by atoms with van der Waals surface area (Å²) in [5, 5.41) is 2.75. The average Bonchev–Trinajstić information content (AvgIpc) is 3.01. The Labute approximate surface area is 123 Å². The quantitative estimate of drug-likeness (QED) is 0.796. The van der Waals surface area contributed by atoms with E-state index in [-0.39, 0.29) is 5.91 Å². The standard InChI is InChI=1S/C16H19NO4/c1-3-12-8-9-15(21-12)16(18)17-10-11-20-14-6-4-13(19-2)5-7-14/h4-9H,3,10-11H2,1-2H3,(H,17,18). The predicted octanol–water partition coefficient (Wildman–Crippen LogP) is 2.66.